The van der Waals surface area contributed by atoms with Crippen molar-refractivity contribution in [3.05, 3.63) is 41.1 Å². The van der Waals surface area contributed by atoms with E-state index in [4.69, 9.17) is 0 Å². The number of benzene rings is 1. The monoisotopic (exact) mass is 357 g/mol. The largest absolute Gasteiger partial charge is 0.598 e. The lowest BCUT2D eigenvalue weighted by molar-refractivity contribution is 0.495. The average Bonchev–Trinajstić information content (AvgIpc) is 2.47. The summed E-state index contributed by atoms with van der Waals surface area (Å²) in [5, 5.41) is 5.07. The van der Waals surface area contributed by atoms with Gasteiger partial charge in [-0.3, -0.25) is 5.01 Å². The van der Waals surface area contributed by atoms with Crippen LogP contribution in [0.25, 0.3) is 5.57 Å². The first kappa shape index (κ1) is 20.6. The molecule has 0 heterocycles. The van der Waals surface area contributed by atoms with Crippen LogP contribution < -0.4 is 4.72 Å². The first-order chi connectivity index (χ1) is 11.0. The van der Waals surface area contributed by atoms with Gasteiger partial charge in [-0.25, -0.2) is 8.78 Å². The van der Waals surface area contributed by atoms with Crippen molar-refractivity contribution in [2.24, 2.45) is 5.10 Å². The van der Waals surface area contributed by atoms with E-state index >= 15 is 0 Å². The highest BCUT2D eigenvalue weighted by atomic mass is 32.2. The lowest BCUT2D eigenvalue weighted by atomic mass is 10.0. The van der Waals surface area contributed by atoms with E-state index in [-0.39, 0.29) is 11.1 Å². The molecular formula is C17H25F2N3OS. The normalized spacial score (nSPS) is 15.1. The Morgan fingerprint density at radius 1 is 1.38 bits per heavy atom. The third kappa shape index (κ3) is 5.29. The molecule has 0 fully saturated rings. The van der Waals surface area contributed by atoms with Crippen molar-refractivity contribution >= 4 is 23.7 Å². The number of hydrogen-bond donors (Lipinski definition) is 1. The fraction of sp³-hybridized carbons (Fsp3) is 0.471. The summed E-state index contributed by atoms with van der Waals surface area (Å²) in [6, 6.07) is 1.70. The van der Waals surface area contributed by atoms with Gasteiger partial charge in [0, 0.05) is 42.5 Å². The van der Waals surface area contributed by atoms with E-state index in [9.17, 15) is 13.3 Å². The maximum absolute atomic E-state index is 14.4. The number of allylic oxidation sites excluding steroid dienone is 1. The standard InChI is InChI=1S/C17H25F2N3OS/c1-11(10-22(7)20-6)13-8-16(19)14(9-15(13)18)12(2)21-24(23)17(3,4)5/h8-10,12,21H,6H2,1-5,7H3/b11-10+/t12-,24+/m0/s1. The highest BCUT2D eigenvalue weighted by Gasteiger charge is 2.29. The summed E-state index contributed by atoms with van der Waals surface area (Å²) in [4.78, 5) is 0. The van der Waals surface area contributed by atoms with E-state index in [1.54, 1.807) is 47.9 Å². The molecule has 4 nitrogen and oxygen atoms in total. The van der Waals surface area contributed by atoms with Crippen molar-refractivity contribution in [2.75, 3.05) is 7.05 Å². The predicted molar refractivity (Wildman–Crippen MR) is 96.8 cm³/mol. The van der Waals surface area contributed by atoms with E-state index in [0.717, 1.165) is 12.1 Å². The molecule has 0 bridgehead atoms. The van der Waals surface area contributed by atoms with Crippen molar-refractivity contribution in [1.29, 1.82) is 0 Å². The van der Waals surface area contributed by atoms with Crippen molar-refractivity contribution in [2.45, 2.75) is 45.4 Å². The van der Waals surface area contributed by atoms with Crippen molar-refractivity contribution in [3.63, 3.8) is 0 Å². The Morgan fingerprint density at radius 3 is 2.46 bits per heavy atom. The average molecular weight is 357 g/mol. The summed E-state index contributed by atoms with van der Waals surface area (Å²) in [7, 11) is 1.65. The molecule has 0 aromatic heterocycles. The van der Waals surface area contributed by atoms with Crippen LogP contribution in [0.15, 0.2) is 23.4 Å². The number of nitrogens with one attached hydrogen (secondary N) is 1. The number of hydrazone groups is 1. The fourth-order valence-electron chi connectivity index (χ4n) is 1.99. The van der Waals surface area contributed by atoms with Crippen LogP contribution in [0.2, 0.25) is 0 Å². The molecule has 0 amide bonds. The summed E-state index contributed by atoms with van der Waals surface area (Å²) in [5.41, 5.74) is 0.805. The maximum atomic E-state index is 14.4. The van der Waals surface area contributed by atoms with Gasteiger partial charge in [0.1, 0.15) is 16.4 Å². The molecule has 2 atom stereocenters. The summed E-state index contributed by atoms with van der Waals surface area (Å²) in [6.45, 7) is 12.1. The van der Waals surface area contributed by atoms with E-state index in [1.807, 2.05) is 0 Å². The molecule has 7 heteroatoms. The highest BCUT2D eigenvalue weighted by Crippen LogP contribution is 2.27. The maximum Gasteiger partial charge on any atom is 0.136 e. The Morgan fingerprint density at radius 2 is 1.96 bits per heavy atom. The van der Waals surface area contributed by atoms with Gasteiger partial charge in [-0.2, -0.15) is 5.10 Å². The quantitative estimate of drug-likeness (QED) is 0.476. The molecule has 0 radical (unpaired) electrons. The van der Waals surface area contributed by atoms with E-state index < -0.39 is 33.8 Å². The van der Waals surface area contributed by atoms with Gasteiger partial charge in [-0.1, -0.05) is 0 Å². The van der Waals surface area contributed by atoms with Crippen LogP contribution in [0, 0.1) is 11.6 Å². The number of rotatable bonds is 6. The van der Waals surface area contributed by atoms with E-state index in [2.05, 4.69) is 16.5 Å². The van der Waals surface area contributed by atoms with Gasteiger partial charge >= 0.3 is 0 Å². The van der Waals surface area contributed by atoms with Gasteiger partial charge in [0.05, 0.1) is 6.04 Å². The zero-order valence-electron chi connectivity index (χ0n) is 15.0. The molecule has 0 unspecified atom stereocenters. The molecular weight excluding hydrogens is 332 g/mol. The topological polar surface area (TPSA) is 50.7 Å². The lowest BCUT2D eigenvalue weighted by Gasteiger charge is -2.26. The Labute approximate surface area is 145 Å². The second-order valence-electron chi connectivity index (χ2n) is 6.60. The van der Waals surface area contributed by atoms with Crippen LogP contribution in [0.1, 0.15) is 51.8 Å². The number of nitrogens with zero attached hydrogens (tertiary/aromatic N) is 2. The molecule has 0 saturated heterocycles. The SMILES string of the molecule is C=NN(C)/C=C(\C)c1cc(F)c([C@H](C)N[S@+]([O-])C(C)(C)C)cc1F. The van der Waals surface area contributed by atoms with E-state index in [0.29, 0.717) is 5.57 Å². The molecule has 1 rings (SSSR count). The molecule has 0 aliphatic rings. The fourth-order valence-corrected chi connectivity index (χ4v) is 2.79. The summed E-state index contributed by atoms with van der Waals surface area (Å²) in [5.74, 6) is -1.10. The number of halogens is 2. The molecule has 134 valence electrons. The van der Waals surface area contributed by atoms with Crippen molar-refractivity contribution in [1.82, 2.24) is 9.73 Å². The predicted octanol–water partition coefficient (Wildman–Crippen LogP) is 3.99. The van der Waals surface area contributed by atoms with Crippen LogP contribution in [0.3, 0.4) is 0 Å². The van der Waals surface area contributed by atoms with Gasteiger partial charge in [0.25, 0.3) is 0 Å². The number of hydrogen-bond acceptors (Lipinski definition) is 4. The molecule has 0 spiro atoms. The lowest BCUT2D eigenvalue weighted by Crippen LogP contribution is -2.40. The minimum Gasteiger partial charge on any atom is -0.598 e. The molecule has 1 aromatic rings. The third-order valence-corrected chi connectivity index (χ3v) is 5.10. The second-order valence-corrected chi connectivity index (χ2v) is 8.60. The molecule has 0 aliphatic carbocycles. The summed E-state index contributed by atoms with van der Waals surface area (Å²) < 4.78 is 43.3. The zero-order chi connectivity index (χ0) is 18.7. The van der Waals surface area contributed by atoms with Crippen molar-refractivity contribution in [3.8, 4) is 0 Å². The Bertz CT molecular complexity index is 629. The molecule has 0 aliphatic heterocycles. The van der Waals surface area contributed by atoms with Gasteiger partial charge in [-0.15, -0.1) is 4.72 Å². The van der Waals surface area contributed by atoms with Gasteiger partial charge in [0.15, 0.2) is 0 Å². The second kappa shape index (κ2) is 8.09. The Hall–Kier alpha value is -1.44. The first-order valence-electron chi connectivity index (χ1n) is 7.52. The first-order valence-corrected chi connectivity index (χ1v) is 8.67. The van der Waals surface area contributed by atoms with Crippen LogP contribution in [0.5, 0.6) is 0 Å². The van der Waals surface area contributed by atoms with Crippen LogP contribution in [-0.4, -0.2) is 28.1 Å². The van der Waals surface area contributed by atoms with E-state index in [1.165, 1.54) is 5.01 Å². The Kier molecular flexibility index (Phi) is 6.95. The van der Waals surface area contributed by atoms with Crippen LogP contribution >= 0.6 is 0 Å². The minimum absolute atomic E-state index is 0.136. The third-order valence-electron chi connectivity index (χ3n) is 3.42. The van der Waals surface area contributed by atoms with Gasteiger partial charge < -0.3 is 4.55 Å². The van der Waals surface area contributed by atoms with Crippen LogP contribution in [-0.2, 0) is 11.4 Å². The van der Waals surface area contributed by atoms with Crippen molar-refractivity contribution < 1.29 is 13.3 Å². The smallest absolute Gasteiger partial charge is 0.136 e. The summed E-state index contributed by atoms with van der Waals surface area (Å²) >= 11 is -1.38. The summed E-state index contributed by atoms with van der Waals surface area (Å²) in [6.07, 6.45) is 1.56. The Balaban J connectivity index is 3.11. The minimum atomic E-state index is -1.38. The molecule has 1 N–H and O–H groups in total. The zero-order valence-corrected chi connectivity index (χ0v) is 15.8. The van der Waals surface area contributed by atoms with Gasteiger partial charge in [0.2, 0.25) is 0 Å². The molecule has 24 heavy (non-hydrogen) atoms. The highest BCUT2D eigenvalue weighted by molar-refractivity contribution is 7.90. The van der Waals surface area contributed by atoms with Gasteiger partial charge in [-0.05, 0) is 52.3 Å². The molecule has 1 aromatic carbocycles. The molecule has 0 saturated carbocycles. The van der Waals surface area contributed by atoms with Crippen LogP contribution in [0.4, 0.5) is 8.78 Å².